The van der Waals surface area contributed by atoms with Crippen LogP contribution in [0.4, 0.5) is 5.69 Å². The number of methoxy groups -OCH3 is 1. The smallest absolute Gasteiger partial charge is 0.338 e. The van der Waals surface area contributed by atoms with Crippen molar-refractivity contribution in [3.05, 3.63) is 33.9 Å². The van der Waals surface area contributed by atoms with Gasteiger partial charge in [-0.2, -0.15) is 0 Å². The molecule has 0 saturated heterocycles. The molecule has 0 atom stereocenters. The number of nitrogens with zero attached hydrogens (tertiary/aromatic N) is 1. The molecule has 0 saturated carbocycles. The van der Waals surface area contributed by atoms with Crippen molar-refractivity contribution >= 4 is 17.6 Å². The maximum Gasteiger partial charge on any atom is 0.338 e. The Kier molecular flexibility index (Phi) is 7.52. The van der Waals surface area contributed by atoms with Crippen LogP contribution in [0.15, 0.2) is 18.2 Å². The Morgan fingerprint density at radius 3 is 2.65 bits per heavy atom. The number of ether oxygens (including phenoxy) is 2. The second-order valence-corrected chi connectivity index (χ2v) is 4.78. The molecule has 23 heavy (non-hydrogen) atoms. The van der Waals surface area contributed by atoms with E-state index >= 15 is 0 Å². The van der Waals surface area contributed by atoms with Crippen LogP contribution >= 0.6 is 0 Å². The molecule has 0 aromatic heterocycles. The zero-order valence-electron chi connectivity index (χ0n) is 13.2. The summed E-state index contributed by atoms with van der Waals surface area (Å²) in [6, 6.07) is 3.67. The fourth-order valence-electron chi connectivity index (χ4n) is 1.82. The second-order valence-electron chi connectivity index (χ2n) is 4.78. The van der Waals surface area contributed by atoms with Crippen LogP contribution in [-0.2, 0) is 9.53 Å². The third kappa shape index (κ3) is 5.93. The van der Waals surface area contributed by atoms with Gasteiger partial charge in [0.15, 0.2) is 12.4 Å². The molecule has 0 radical (unpaired) electrons. The van der Waals surface area contributed by atoms with Crippen LogP contribution in [0.3, 0.4) is 0 Å². The first kappa shape index (κ1) is 18.4. The number of esters is 1. The molecule has 0 spiro atoms. The molecule has 0 unspecified atom stereocenters. The molecule has 8 nitrogen and oxygen atoms in total. The third-order valence-electron chi connectivity index (χ3n) is 3.04. The van der Waals surface area contributed by atoms with Crippen LogP contribution in [0.5, 0.6) is 5.75 Å². The van der Waals surface area contributed by atoms with Gasteiger partial charge in [-0.1, -0.05) is 19.8 Å². The number of hydrogen-bond donors (Lipinski definition) is 1. The van der Waals surface area contributed by atoms with Crippen molar-refractivity contribution in [2.24, 2.45) is 0 Å². The highest BCUT2D eigenvalue weighted by atomic mass is 16.6. The fraction of sp³-hybridized carbons (Fsp3) is 0.467. The largest absolute Gasteiger partial charge is 0.477 e. The zero-order chi connectivity index (χ0) is 17.2. The summed E-state index contributed by atoms with van der Waals surface area (Å²) in [5.41, 5.74) is -0.359. The van der Waals surface area contributed by atoms with E-state index in [1.807, 2.05) is 0 Å². The second kappa shape index (κ2) is 9.39. The highest BCUT2D eigenvalue weighted by molar-refractivity contribution is 5.90. The van der Waals surface area contributed by atoms with Gasteiger partial charge in [0.25, 0.3) is 5.91 Å². The monoisotopic (exact) mass is 324 g/mol. The zero-order valence-corrected chi connectivity index (χ0v) is 13.2. The number of carbonyl (C=O) groups is 2. The van der Waals surface area contributed by atoms with Gasteiger partial charge in [0.1, 0.15) is 0 Å². The molecule has 1 aromatic rings. The van der Waals surface area contributed by atoms with Crippen molar-refractivity contribution in [3.63, 3.8) is 0 Å². The SMILES string of the molecule is CCCCCNC(=O)COc1ccc(C(=O)OC)cc1[N+](=O)[O-]. The lowest BCUT2D eigenvalue weighted by atomic mass is 10.2. The predicted octanol–water partition coefficient (Wildman–Crippen LogP) is 2.07. The minimum Gasteiger partial charge on any atom is -0.477 e. The Balaban J connectivity index is 2.67. The molecular formula is C15H20N2O6. The maximum atomic E-state index is 11.6. The fourth-order valence-corrected chi connectivity index (χ4v) is 1.82. The van der Waals surface area contributed by atoms with Gasteiger partial charge in [-0.05, 0) is 18.6 Å². The van der Waals surface area contributed by atoms with E-state index in [0.717, 1.165) is 25.3 Å². The normalized spacial score (nSPS) is 10.0. The molecule has 1 rings (SSSR count). The summed E-state index contributed by atoms with van der Waals surface area (Å²) in [6.45, 7) is 2.27. The van der Waals surface area contributed by atoms with Gasteiger partial charge in [0, 0.05) is 12.6 Å². The first-order chi connectivity index (χ1) is 11.0. The number of nitrogens with one attached hydrogen (secondary N) is 1. The third-order valence-corrected chi connectivity index (χ3v) is 3.04. The van der Waals surface area contributed by atoms with Gasteiger partial charge in [-0.15, -0.1) is 0 Å². The van der Waals surface area contributed by atoms with Crippen molar-refractivity contribution in [1.29, 1.82) is 0 Å². The Morgan fingerprint density at radius 1 is 1.30 bits per heavy atom. The molecule has 0 aliphatic rings. The molecule has 1 amide bonds. The van der Waals surface area contributed by atoms with Crippen LogP contribution < -0.4 is 10.1 Å². The number of nitro groups is 1. The average molecular weight is 324 g/mol. The topological polar surface area (TPSA) is 108 Å². The van der Waals surface area contributed by atoms with Crippen LogP contribution in [-0.4, -0.2) is 37.1 Å². The Labute approximate surface area is 133 Å². The Morgan fingerprint density at radius 2 is 2.04 bits per heavy atom. The van der Waals surface area contributed by atoms with Crippen LogP contribution in [0.1, 0.15) is 36.5 Å². The minimum atomic E-state index is -0.687. The van der Waals surface area contributed by atoms with Crippen molar-refractivity contribution in [2.75, 3.05) is 20.3 Å². The molecule has 126 valence electrons. The molecule has 0 aliphatic heterocycles. The number of amides is 1. The van der Waals surface area contributed by atoms with E-state index in [-0.39, 0.29) is 23.8 Å². The number of hydrogen-bond acceptors (Lipinski definition) is 6. The molecule has 0 aliphatic carbocycles. The highest BCUT2D eigenvalue weighted by Gasteiger charge is 2.19. The Bertz CT molecular complexity index is 573. The summed E-state index contributed by atoms with van der Waals surface area (Å²) in [4.78, 5) is 33.4. The van der Waals surface area contributed by atoms with E-state index < -0.39 is 16.6 Å². The van der Waals surface area contributed by atoms with E-state index in [0.29, 0.717) is 6.54 Å². The van der Waals surface area contributed by atoms with Crippen LogP contribution in [0.2, 0.25) is 0 Å². The lowest BCUT2D eigenvalue weighted by molar-refractivity contribution is -0.385. The molecule has 0 bridgehead atoms. The van der Waals surface area contributed by atoms with E-state index in [1.165, 1.54) is 19.2 Å². The lowest BCUT2D eigenvalue weighted by Crippen LogP contribution is -2.29. The number of unbranched alkanes of at least 4 members (excludes halogenated alkanes) is 2. The van der Waals surface area contributed by atoms with E-state index in [2.05, 4.69) is 17.0 Å². The summed E-state index contributed by atoms with van der Waals surface area (Å²) in [5.74, 6) is -1.12. The van der Waals surface area contributed by atoms with Gasteiger partial charge in [-0.3, -0.25) is 14.9 Å². The number of rotatable bonds is 9. The molecule has 0 fully saturated rings. The van der Waals surface area contributed by atoms with E-state index in [9.17, 15) is 19.7 Å². The van der Waals surface area contributed by atoms with Crippen molar-refractivity contribution < 1.29 is 24.0 Å². The maximum absolute atomic E-state index is 11.6. The summed E-state index contributed by atoms with van der Waals surface area (Å²) in [5, 5.41) is 13.7. The summed E-state index contributed by atoms with van der Waals surface area (Å²) in [7, 11) is 1.18. The van der Waals surface area contributed by atoms with Crippen molar-refractivity contribution in [3.8, 4) is 5.75 Å². The highest BCUT2D eigenvalue weighted by Crippen LogP contribution is 2.28. The van der Waals surface area contributed by atoms with Crippen molar-refractivity contribution in [1.82, 2.24) is 5.32 Å². The Hall–Kier alpha value is -2.64. The summed E-state index contributed by atoms with van der Waals surface area (Å²) < 4.78 is 9.69. The summed E-state index contributed by atoms with van der Waals surface area (Å²) in [6.07, 6.45) is 2.93. The number of carbonyl (C=O) groups excluding carboxylic acids is 2. The first-order valence-electron chi connectivity index (χ1n) is 7.25. The van der Waals surface area contributed by atoms with Gasteiger partial charge in [0.05, 0.1) is 17.6 Å². The standard InChI is InChI=1S/C15H20N2O6/c1-3-4-5-8-16-14(18)10-23-13-7-6-11(15(19)22-2)9-12(13)17(20)21/h6-7,9H,3-5,8,10H2,1-2H3,(H,16,18). The lowest BCUT2D eigenvalue weighted by Gasteiger charge is -2.08. The van der Waals surface area contributed by atoms with E-state index in [1.54, 1.807) is 0 Å². The molecular weight excluding hydrogens is 304 g/mol. The summed E-state index contributed by atoms with van der Waals surface area (Å²) >= 11 is 0. The molecule has 1 N–H and O–H groups in total. The van der Waals surface area contributed by atoms with E-state index in [4.69, 9.17) is 4.74 Å². The predicted molar refractivity (Wildman–Crippen MR) is 82.5 cm³/mol. The number of nitro benzene ring substituents is 1. The van der Waals surface area contributed by atoms with Gasteiger partial charge < -0.3 is 14.8 Å². The minimum absolute atomic E-state index is 0.0376. The van der Waals surface area contributed by atoms with Crippen LogP contribution in [0, 0.1) is 10.1 Å². The molecule has 1 aromatic carbocycles. The van der Waals surface area contributed by atoms with Gasteiger partial charge in [0.2, 0.25) is 0 Å². The molecule has 8 heteroatoms. The number of benzene rings is 1. The molecule has 0 heterocycles. The first-order valence-corrected chi connectivity index (χ1v) is 7.25. The van der Waals surface area contributed by atoms with Gasteiger partial charge >= 0.3 is 11.7 Å². The van der Waals surface area contributed by atoms with Gasteiger partial charge in [-0.25, -0.2) is 4.79 Å². The quantitative estimate of drug-likeness (QED) is 0.322. The van der Waals surface area contributed by atoms with Crippen LogP contribution in [0.25, 0.3) is 0 Å². The average Bonchev–Trinajstić information content (AvgIpc) is 2.55. The van der Waals surface area contributed by atoms with Crippen molar-refractivity contribution in [2.45, 2.75) is 26.2 Å².